The van der Waals surface area contributed by atoms with Crippen LogP contribution in [0, 0.1) is 17.8 Å². The van der Waals surface area contributed by atoms with Gasteiger partial charge in [0, 0.05) is 5.56 Å². The zero-order chi connectivity index (χ0) is 20.7. The van der Waals surface area contributed by atoms with Crippen molar-refractivity contribution >= 4 is 0 Å². The molecule has 4 heteroatoms. The van der Waals surface area contributed by atoms with Gasteiger partial charge in [0.25, 0.3) is 0 Å². The van der Waals surface area contributed by atoms with Gasteiger partial charge in [-0.1, -0.05) is 65.0 Å². The van der Waals surface area contributed by atoms with Crippen molar-refractivity contribution in [2.75, 3.05) is 33.4 Å². The van der Waals surface area contributed by atoms with Gasteiger partial charge in [-0.05, 0) is 24.7 Å². The molecule has 0 aliphatic heterocycles. The molecule has 0 amide bonds. The predicted octanol–water partition coefficient (Wildman–Crippen LogP) is 3.71. The molecule has 1 aromatic rings. The molecule has 4 unspecified atom stereocenters. The second-order valence-electron chi connectivity index (χ2n) is 9.23. The Morgan fingerprint density at radius 2 is 1.67 bits per heavy atom. The van der Waals surface area contributed by atoms with Crippen LogP contribution in [0.25, 0.3) is 0 Å². The zero-order valence-corrected chi connectivity index (χ0v) is 18.5. The topological polar surface area (TPSA) is 49.7 Å². The molecule has 0 aliphatic rings. The van der Waals surface area contributed by atoms with Gasteiger partial charge in [-0.25, -0.2) is 0 Å². The van der Waals surface area contributed by atoms with Gasteiger partial charge < -0.3 is 19.4 Å². The fraction of sp³-hybridized carbons (Fsp3) is 0.739. The summed E-state index contributed by atoms with van der Waals surface area (Å²) in [6.07, 6.45) is -0.567. The number of hydrogen-bond donors (Lipinski definition) is 2. The van der Waals surface area contributed by atoms with Gasteiger partial charge in [-0.3, -0.25) is 0 Å². The Morgan fingerprint density at radius 1 is 1.07 bits per heavy atom. The first-order valence-electron chi connectivity index (χ1n) is 10.3. The SMILES string of the molecule is CC(C)C(C)C(C)(OCC(O)C[N+](C)(CCO)Cc1ccccc1)C(C)C. The molecule has 4 atom stereocenters. The summed E-state index contributed by atoms with van der Waals surface area (Å²) in [5.74, 6) is 1.28. The van der Waals surface area contributed by atoms with E-state index in [4.69, 9.17) is 4.74 Å². The monoisotopic (exact) mass is 380 g/mol. The number of rotatable bonds is 12. The minimum absolute atomic E-state index is 0.102. The lowest BCUT2D eigenvalue weighted by molar-refractivity contribution is -0.925. The van der Waals surface area contributed by atoms with Crippen molar-refractivity contribution in [3.05, 3.63) is 35.9 Å². The van der Waals surface area contributed by atoms with Crippen LogP contribution >= 0.6 is 0 Å². The van der Waals surface area contributed by atoms with Gasteiger partial charge in [0.05, 0.1) is 25.9 Å². The summed E-state index contributed by atoms with van der Waals surface area (Å²) < 4.78 is 6.91. The zero-order valence-electron chi connectivity index (χ0n) is 18.5. The van der Waals surface area contributed by atoms with Crippen LogP contribution in [0.15, 0.2) is 30.3 Å². The minimum Gasteiger partial charge on any atom is -0.391 e. The molecule has 0 bridgehead atoms. The average Bonchev–Trinajstić information content (AvgIpc) is 2.59. The Morgan fingerprint density at radius 3 is 2.15 bits per heavy atom. The minimum atomic E-state index is -0.567. The van der Waals surface area contributed by atoms with Crippen molar-refractivity contribution in [2.45, 2.75) is 59.8 Å². The van der Waals surface area contributed by atoms with Gasteiger partial charge in [0.2, 0.25) is 0 Å². The number of aliphatic hydroxyl groups is 2. The highest BCUT2D eigenvalue weighted by Gasteiger charge is 2.38. The standard InChI is InChI=1S/C23H42NO3/c1-18(2)20(5)23(6,19(3)4)27-17-22(26)16-24(7,13-14-25)15-21-11-9-8-10-12-21/h8-12,18-20,22,25-26H,13-17H2,1-7H3/q+1. The Balaban J connectivity index is 2.77. The van der Waals surface area contributed by atoms with Crippen LogP contribution in [-0.4, -0.2) is 59.8 Å². The number of quaternary nitrogens is 1. The fourth-order valence-electron chi connectivity index (χ4n) is 3.82. The van der Waals surface area contributed by atoms with Crippen molar-refractivity contribution in [3.63, 3.8) is 0 Å². The lowest BCUT2D eigenvalue weighted by atomic mass is 9.75. The van der Waals surface area contributed by atoms with Gasteiger partial charge in [0.15, 0.2) is 0 Å². The van der Waals surface area contributed by atoms with Crippen LogP contribution in [0.4, 0.5) is 0 Å². The van der Waals surface area contributed by atoms with E-state index >= 15 is 0 Å². The highest BCUT2D eigenvalue weighted by atomic mass is 16.5. The van der Waals surface area contributed by atoms with E-state index in [1.165, 1.54) is 5.56 Å². The maximum atomic E-state index is 10.7. The van der Waals surface area contributed by atoms with Crippen LogP contribution in [0.1, 0.15) is 47.1 Å². The predicted molar refractivity (Wildman–Crippen MR) is 112 cm³/mol. The van der Waals surface area contributed by atoms with E-state index < -0.39 is 6.10 Å². The number of ether oxygens (including phenoxy) is 1. The number of nitrogens with zero attached hydrogens (tertiary/aromatic N) is 1. The highest BCUT2D eigenvalue weighted by molar-refractivity contribution is 5.13. The fourth-order valence-corrected chi connectivity index (χ4v) is 3.82. The van der Waals surface area contributed by atoms with Gasteiger partial charge in [-0.2, -0.15) is 0 Å². The lowest BCUT2D eigenvalue weighted by Gasteiger charge is -2.42. The van der Waals surface area contributed by atoms with E-state index in [-0.39, 0.29) is 12.2 Å². The van der Waals surface area contributed by atoms with Crippen LogP contribution in [0.2, 0.25) is 0 Å². The molecule has 0 saturated heterocycles. The molecule has 0 saturated carbocycles. The molecule has 27 heavy (non-hydrogen) atoms. The molecule has 156 valence electrons. The molecule has 0 radical (unpaired) electrons. The van der Waals surface area contributed by atoms with Crippen LogP contribution in [-0.2, 0) is 11.3 Å². The number of hydrogen-bond acceptors (Lipinski definition) is 3. The second-order valence-corrected chi connectivity index (χ2v) is 9.23. The molecule has 1 aromatic carbocycles. The Kier molecular flexibility index (Phi) is 9.43. The number of likely N-dealkylation sites (N-methyl/N-ethyl adjacent to an activating group) is 1. The smallest absolute Gasteiger partial charge is 0.126 e. The summed E-state index contributed by atoms with van der Waals surface area (Å²) in [6, 6.07) is 10.2. The van der Waals surface area contributed by atoms with Crippen molar-refractivity contribution in [1.82, 2.24) is 0 Å². The summed E-state index contributed by atoms with van der Waals surface area (Å²) in [5.41, 5.74) is 0.941. The normalized spacial score (nSPS) is 18.9. The Labute approximate surface area is 166 Å². The molecule has 1 rings (SSSR count). The summed E-state index contributed by atoms with van der Waals surface area (Å²) in [4.78, 5) is 0. The van der Waals surface area contributed by atoms with E-state index in [0.717, 1.165) is 6.54 Å². The van der Waals surface area contributed by atoms with Crippen molar-refractivity contribution in [2.24, 2.45) is 17.8 Å². The largest absolute Gasteiger partial charge is 0.391 e. The van der Waals surface area contributed by atoms with E-state index in [2.05, 4.69) is 60.7 Å². The first-order chi connectivity index (χ1) is 12.5. The van der Waals surface area contributed by atoms with Gasteiger partial charge in [-0.15, -0.1) is 0 Å². The molecular weight excluding hydrogens is 338 g/mol. The third-order valence-electron chi connectivity index (χ3n) is 6.34. The van der Waals surface area contributed by atoms with E-state index in [9.17, 15) is 10.2 Å². The summed E-state index contributed by atoms with van der Waals surface area (Å²) >= 11 is 0. The van der Waals surface area contributed by atoms with Crippen molar-refractivity contribution < 1.29 is 19.4 Å². The highest BCUT2D eigenvalue weighted by Crippen LogP contribution is 2.34. The number of benzene rings is 1. The average molecular weight is 381 g/mol. The van der Waals surface area contributed by atoms with Crippen molar-refractivity contribution in [1.29, 1.82) is 0 Å². The maximum Gasteiger partial charge on any atom is 0.126 e. The Hall–Kier alpha value is -0.940. The summed E-state index contributed by atoms with van der Waals surface area (Å²) in [7, 11) is 2.09. The first kappa shape index (κ1) is 24.1. The molecule has 0 aliphatic carbocycles. The molecule has 0 heterocycles. The van der Waals surface area contributed by atoms with Gasteiger partial charge >= 0.3 is 0 Å². The summed E-state index contributed by atoms with van der Waals surface area (Å²) in [6.45, 7) is 15.6. The van der Waals surface area contributed by atoms with Crippen LogP contribution < -0.4 is 0 Å². The molecule has 2 N–H and O–H groups in total. The van der Waals surface area contributed by atoms with E-state index in [1.807, 2.05) is 18.2 Å². The van der Waals surface area contributed by atoms with Crippen LogP contribution in [0.5, 0.6) is 0 Å². The third kappa shape index (κ3) is 7.19. The Bertz CT molecular complexity index is 534. The molecule has 0 aromatic heterocycles. The van der Waals surface area contributed by atoms with E-state index in [0.29, 0.717) is 41.9 Å². The maximum absolute atomic E-state index is 10.7. The third-order valence-corrected chi connectivity index (χ3v) is 6.34. The van der Waals surface area contributed by atoms with E-state index in [1.54, 1.807) is 0 Å². The quantitative estimate of drug-likeness (QED) is 0.544. The number of aliphatic hydroxyl groups excluding tert-OH is 2. The summed E-state index contributed by atoms with van der Waals surface area (Å²) in [5, 5.41) is 20.3. The molecule has 4 nitrogen and oxygen atoms in total. The van der Waals surface area contributed by atoms with Gasteiger partial charge in [0.1, 0.15) is 25.7 Å². The molecule has 0 fully saturated rings. The van der Waals surface area contributed by atoms with Crippen LogP contribution in [0.3, 0.4) is 0 Å². The van der Waals surface area contributed by atoms with Crippen molar-refractivity contribution in [3.8, 4) is 0 Å². The first-order valence-corrected chi connectivity index (χ1v) is 10.3. The molecule has 0 spiro atoms. The molecular formula is C23H42NO3+. The second kappa shape index (κ2) is 10.6. The lowest BCUT2D eigenvalue weighted by Crippen LogP contribution is -2.52.